The average Bonchev–Trinajstić information content (AvgIpc) is 2.46. The number of alkyl halides is 3. The largest absolute Gasteiger partial charge is 0.465 e. The van der Waals surface area contributed by atoms with Crippen LogP contribution in [0.3, 0.4) is 0 Å². The molecular formula is C15H11F3O3. The van der Waals surface area contributed by atoms with E-state index in [0.29, 0.717) is 0 Å². The molecule has 0 fully saturated rings. The first kappa shape index (κ1) is 14.9. The molecule has 21 heavy (non-hydrogen) atoms. The lowest BCUT2D eigenvalue weighted by Crippen LogP contribution is -2.05. The third-order valence-corrected chi connectivity index (χ3v) is 2.68. The van der Waals surface area contributed by atoms with E-state index in [9.17, 15) is 18.0 Å². The normalized spacial score (nSPS) is 11.0. The van der Waals surface area contributed by atoms with Crippen molar-refractivity contribution in [1.82, 2.24) is 0 Å². The van der Waals surface area contributed by atoms with Gasteiger partial charge < -0.3 is 9.47 Å². The lowest BCUT2D eigenvalue weighted by molar-refractivity contribution is -0.137. The molecule has 0 spiro atoms. The fourth-order valence-electron chi connectivity index (χ4n) is 1.70. The summed E-state index contributed by atoms with van der Waals surface area (Å²) in [6.45, 7) is 0. The molecule has 110 valence electrons. The Labute approximate surface area is 118 Å². The van der Waals surface area contributed by atoms with Crippen LogP contribution in [0.2, 0.25) is 0 Å². The summed E-state index contributed by atoms with van der Waals surface area (Å²) in [5, 5.41) is 0. The molecule has 0 atom stereocenters. The Morgan fingerprint density at radius 3 is 2.43 bits per heavy atom. The van der Waals surface area contributed by atoms with E-state index in [1.165, 1.54) is 31.4 Å². The van der Waals surface area contributed by atoms with Gasteiger partial charge in [0.2, 0.25) is 0 Å². The molecular weight excluding hydrogens is 285 g/mol. The van der Waals surface area contributed by atoms with Crippen LogP contribution in [-0.2, 0) is 10.9 Å². The van der Waals surface area contributed by atoms with Gasteiger partial charge in [0.25, 0.3) is 0 Å². The van der Waals surface area contributed by atoms with Crippen molar-refractivity contribution in [3.8, 4) is 11.5 Å². The first-order valence-corrected chi connectivity index (χ1v) is 5.94. The van der Waals surface area contributed by atoms with Crippen molar-refractivity contribution in [3.05, 3.63) is 59.7 Å². The van der Waals surface area contributed by atoms with Gasteiger partial charge in [-0.05, 0) is 30.3 Å². The Kier molecular flexibility index (Phi) is 4.16. The second-order valence-corrected chi connectivity index (χ2v) is 4.12. The summed E-state index contributed by atoms with van der Waals surface area (Å²) in [7, 11) is 1.21. The third-order valence-electron chi connectivity index (χ3n) is 2.68. The molecule has 0 unspecified atom stereocenters. The molecule has 0 aliphatic rings. The van der Waals surface area contributed by atoms with E-state index < -0.39 is 17.7 Å². The first-order chi connectivity index (χ1) is 9.91. The Morgan fingerprint density at radius 1 is 1.05 bits per heavy atom. The molecule has 0 saturated heterocycles. The Bertz CT molecular complexity index is 651. The van der Waals surface area contributed by atoms with Crippen LogP contribution in [0.25, 0.3) is 0 Å². The van der Waals surface area contributed by atoms with Gasteiger partial charge in [0.05, 0.1) is 12.7 Å². The van der Waals surface area contributed by atoms with E-state index >= 15 is 0 Å². The molecule has 0 bridgehead atoms. The predicted molar refractivity (Wildman–Crippen MR) is 69.3 cm³/mol. The molecule has 3 nitrogen and oxygen atoms in total. The highest BCUT2D eigenvalue weighted by molar-refractivity contribution is 5.92. The number of rotatable bonds is 3. The zero-order chi connectivity index (χ0) is 15.5. The van der Waals surface area contributed by atoms with Gasteiger partial charge in [0.1, 0.15) is 17.1 Å². The number of ether oxygens (including phenoxy) is 2. The third kappa shape index (κ3) is 3.53. The van der Waals surface area contributed by atoms with Crippen LogP contribution >= 0.6 is 0 Å². The molecule has 0 aliphatic heterocycles. The highest BCUT2D eigenvalue weighted by atomic mass is 19.4. The number of hydrogen-bond donors (Lipinski definition) is 0. The molecule has 0 aromatic heterocycles. The standard InChI is InChI=1S/C15H11F3O3/c1-20-14(19)12-7-2-3-8-13(12)21-11-6-4-5-10(9-11)15(16,17)18/h2-9H,1H3. The van der Waals surface area contributed by atoms with Crippen LogP contribution in [-0.4, -0.2) is 13.1 Å². The minimum absolute atomic E-state index is 0.0128. The fourth-order valence-corrected chi connectivity index (χ4v) is 1.70. The van der Waals surface area contributed by atoms with Crippen molar-refractivity contribution >= 4 is 5.97 Å². The number of esters is 1. The van der Waals surface area contributed by atoms with Crippen molar-refractivity contribution in [1.29, 1.82) is 0 Å². The van der Waals surface area contributed by atoms with E-state index in [0.717, 1.165) is 12.1 Å². The summed E-state index contributed by atoms with van der Waals surface area (Å²) in [6, 6.07) is 10.6. The summed E-state index contributed by atoms with van der Waals surface area (Å²) < 4.78 is 47.9. The van der Waals surface area contributed by atoms with Gasteiger partial charge in [0.15, 0.2) is 0 Å². The van der Waals surface area contributed by atoms with Crippen LogP contribution in [0.15, 0.2) is 48.5 Å². The van der Waals surface area contributed by atoms with Gasteiger partial charge in [-0.25, -0.2) is 4.79 Å². The highest BCUT2D eigenvalue weighted by Crippen LogP contribution is 2.33. The monoisotopic (exact) mass is 296 g/mol. The van der Waals surface area contributed by atoms with Gasteiger partial charge in [-0.2, -0.15) is 13.2 Å². The summed E-state index contributed by atoms with van der Waals surface area (Å²) >= 11 is 0. The van der Waals surface area contributed by atoms with Gasteiger partial charge in [-0.15, -0.1) is 0 Å². The summed E-state index contributed by atoms with van der Waals surface area (Å²) in [6.07, 6.45) is -4.46. The SMILES string of the molecule is COC(=O)c1ccccc1Oc1cccc(C(F)(F)F)c1. The van der Waals surface area contributed by atoms with Crippen LogP contribution in [0.1, 0.15) is 15.9 Å². The molecule has 2 aromatic rings. The van der Waals surface area contributed by atoms with Crippen molar-refractivity contribution < 1.29 is 27.4 Å². The first-order valence-electron chi connectivity index (χ1n) is 5.94. The smallest absolute Gasteiger partial charge is 0.416 e. The summed E-state index contributed by atoms with van der Waals surface area (Å²) in [5.41, 5.74) is -0.687. The van der Waals surface area contributed by atoms with Crippen molar-refractivity contribution in [3.63, 3.8) is 0 Å². The number of para-hydroxylation sites is 1. The van der Waals surface area contributed by atoms with E-state index in [-0.39, 0.29) is 17.1 Å². The van der Waals surface area contributed by atoms with E-state index in [2.05, 4.69) is 4.74 Å². The van der Waals surface area contributed by atoms with Crippen molar-refractivity contribution in [2.75, 3.05) is 7.11 Å². The molecule has 2 rings (SSSR count). The maximum Gasteiger partial charge on any atom is 0.416 e. The predicted octanol–water partition coefficient (Wildman–Crippen LogP) is 4.28. The van der Waals surface area contributed by atoms with Crippen molar-refractivity contribution in [2.45, 2.75) is 6.18 Å². The minimum atomic E-state index is -4.46. The van der Waals surface area contributed by atoms with E-state index in [4.69, 9.17) is 4.74 Å². The topological polar surface area (TPSA) is 35.5 Å². The molecule has 0 radical (unpaired) electrons. The average molecular weight is 296 g/mol. The highest BCUT2D eigenvalue weighted by Gasteiger charge is 2.30. The second-order valence-electron chi connectivity index (χ2n) is 4.12. The Balaban J connectivity index is 2.33. The minimum Gasteiger partial charge on any atom is -0.465 e. The quantitative estimate of drug-likeness (QED) is 0.793. The zero-order valence-corrected chi connectivity index (χ0v) is 11.0. The lowest BCUT2D eigenvalue weighted by atomic mass is 10.2. The second kappa shape index (κ2) is 5.87. The molecule has 0 amide bonds. The van der Waals surface area contributed by atoms with Gasteiger partial charge in [-0.3, -0.25) is 0 Å². The summed E-state index contributed by atoms with van der Waals surface area (Å²) in [4.78, 5) is 11.6. The molecule has 2 aromatic carbocycles. The van der Waals surface area contributed by atoms with Crippen LogP contribution in [0.4, 0.5) is 13.2 Å². The number of carbonyl (C=O) groups is 1. The maximum absolute atomic E-state index is 12.6. The van der Waals surface area contributed by atoms with Gasteiger partial charge in [-0.1, -0.05) is 18.2 Å². The Hall–Kier alpha value is -2.50. The molecule has 0 heterocycles. The molecule has 0 N–H and O–H groups in total. The van der Waals surface area contributed by atoms with E-state index in [1.54, 1.807) is 12.1 Å². The lowest BCUT2D eigenvalue weighted by Gasteiger charge is -2.12. The maximum atomic E-state index is 12.6. The van der Waals surface area contributed by atoms with Gasteiger partial charge in [0, 0.05) is 0 Å². The van der Waals surface area contributed by atoms with Crippen molar-refractivity contribution in [2.24, 2.45) is 0 Å². The number of methoxy groups -OCH3 is 1. The fraction of sp³-hybridized carbons (Fsp3) is 0.133. The van der Waals surface area contributed by atoms with E-state index in [1.807, 2.05) is 0 Å². The molecule has 0 saturated carbocycles. The molecule has 0 aliphatic carbocycles. The number of carbonyl (C=O) groups excluding carboxylic acids is 1. The van der Waals surface area contributed by atoms with Crippen LogP contribution in [0.5, 0.6) is 11.5 Å². The van der Waals surface area contributed by atoms with Crippen LogP contribution < -0.4 is 4.74 Å². The number of halogens is 3. The number of hydrogen-bond acceptors (Lipinski definition) is 3. The Morgan fingerprint density at radius 2 is 1.76 bits per heavy atom. The summed E-state index contributed by atoms with van der Waals surface area (Å²) in [5.74, 6) is -0.512. The molecule has 6 heteroatoms. The number of benzene rings is 2. The van der Waals surface area contributed by atoms with Crippen LogP contribution in [0, 0.1) is 0 Å². The van der Waals surface area contributed by atoms with Gasteiger partial charge >= 0.3 is 12.1 Å². The zero-order valence-electron chi connectivity index (χ0n) is 11.0.